The van der Waals surface area contributed by atoms with Gasteiger partial charge in [-0.3, -0.25) is 4.79 Å². The fourth-order valence-electron chi connectivity index (χ4n) is 2.97. The number of carbonyl (C=O) groups is 1. The summed E-state index contributed by atoms with van der Waals surface area (Å²) in [5.41, 5.74) is 4.67. The molecule has 3 rings (SSSR count). The SMILES string of the molecule is CCc1ccc(C(=O)CN2CCCc3ccccc32)cc1. The second-order valence-corrected chi connectivity index (χ2v) is 5.63. The van der Waals surface area contributed by atoms with E-state index in [1.807, 2.05) is 12.1 Å². The number of ketones is 1. The van der Waals surface area contributed by atoms with Gasteiger partial charge in [0.05, 0.1) is 6.54 Å². The molecule has 0 radical (unpaired) electrons. The number of anilines is 1. The van der Waals surface area contributed by atoms with E-state index in [4.69, 9.17) is 0 Å². The summed E-state index contributed by atoms with van der Waals surface area (Å²) in [6.07, 6.45) is 3.25. The first-order chi connectivity index (χ1) is 10.3. The minimum atomic E-state index is 0.203. The molecule has 2 aromatic rings. The van der Waals surface area contributed by atoms with Gasteiger partial charge in [-0.2, -0.15) is 0 Å². The van der Waals surface area contributed by atoms with Gasteiger partial charge in [-0.15, -0.1) is 0 Å². The van der Waals surface area contributed by atoms with Crippen LogP contribution in [0.4, 0.5) is 5.69 Å². The van der Waals surface area contributed by atoms with E-state index in [1.165, 1.54) is 16.8 Å². The second kappa shape index (κ2) is 6.13. The normalized spacial score (nSPS) is 13.9. The molecule has 1 aliphatic heterocycles. The van der Waals surface area contributed by atoms with Gasteiger partial charge in [-0.05, 0) is 36.5 Å². The van der Waals surface area contributed by atoms with Crippen LogP contribution in [0.25, 0.3) is 0 Å². The molecule has 0 saturated carbocycles. The molecule has 0 amide bonds. The summed E-state index contributed by atoms with van der Waals surface area (Å²) in [4.78, 5) is 14.7. The summed E-state index contributed by atoms with van der Waals surface area (Å²) in [5, 5.41) is 0. The van der Waals surface area contributed by atoms with Gasteiger partial charge in [0.1, 0.15) is 0 Å². The van der Waals surface area contributed by atoms with Crippen LogP contribution in [0.15, 0.2) is 48.5 Å². The van der Waals surface area contributed by atoms with Crippen molar-refractivity contribution in [1.82, 2.24) is 0 Å². The van der Waals surface area contributed by atoms with Crippen molar-refractivity contribution < 1.29 is 4.79 Å². The second-order valence-electron chi connectivity index (χ2n) is 5.63. The van der Waals surface area contributed by atoms with Crippen LogP contribution in [0.2, 0.25) is 0 Å². The van der Waals surface area contributed by atoms with Gasteiger partial charge in [0.15, 0.2) is 5.78 Å². The van der Waals surface area contributed by atoms with Crippen LogP contribution in [0.3, 0.4) is 0 Å². The quantitative estimate of drug-likeness (QED) is 0.791. The highest BCUT2D eigenvalue weighted by atomic mass is 16.1. The summed E-state index contributed by atoms with van der Waals surface area (Å²) in [6, 6.07) is 16.4. The monoisotopic (exact) mass is 279 g/mol. The highest BCUT2D eigenvalue weighted by molar-refractivity contribution is 5.99. The van der Waals surface area contributed by atoms with Crippen LogP contribution in [0.1, 0.15) is 34.8 Å². The van der Waals surface area contributed by atoms with Gasteiger partial charge >= 0.3 is 0 Å². The maximum atomic E-state index is 12.5. The number of carbonyl (C=O) groups excluding carboxylic acids is 1. The average molecular weight is 279 g/mol. The summed E-state index contributed by atoms with van der Waals surface area (Å²) < 4.78 is 0. The highest BCUT2D eigenvalue weighted by Gasteiger charge is 2.19. The maximum Gasteiger partial charge on any atom is 0.182 e. The number of benzene rings is 2. The Hall–Kier alpha value is -2.09. The summed E-state index contributed by atoms with van der Waals surface area (Å²) in [6.45, 7) is 3.57. The van der Waals surface area contributed by atoms with E-state index in [1.54, 1.807) is 0 Å². The van der Waals surface area contributed by atoms with Gasteiger partial charge in [0, 0.05) is 17.8 Å². The van der Waals surface area contributed by atoms with Crippen LogP contribution < -0.4 is 4.90 Å². The zero-order chi connectivity index (χ0) is 14.7. The zero-order valence-electron chi connectivity index (χ0n) is 12.5. The van der Waals surface area contributed by atoms with Crippen molar-refractivity contribution in [2.75, 3.05) is 18.0 Å². The van der Waals surface area contributed by atoms with Crippen molar-refractivity contribution in [3.05, 3.63) is 65.2 Å². The molecule has 0 atom stereocenters. The van der Waals surface area contributed by atoms with Gasteiger partial charge in [0.25, 0.3) is 0 Å². The van der Waals surface area contributed by atoms with Crippen LogP contribution in [-0.4, -0.2) is 18.9 Å². The zero-order valence-corrected chi connectivity index (χ0v) is 12.5. The Balaban J connectivity index is 1.76. The standard InChI is InChI=1S/C19H21NO/c1-2-15-9-11-17(12-10-15)19(21)14-20-13-5-7-16-6-3-4-8-18(16)20/h3-4,6,8-12H,2,5,7,13-14H2,1H3. The Morgan fingerprint density at radius 2 is 1.86 bits per heavy atom. The van der Waals surface area contributed by atoms with Gasteiger partial charge < -0.3 is 4.90 Å². The molecule has 0 saturated heterocycles. The Morgan fingerprint density at radius 1 is 1.10 bits per heavy atom. The topological polar surface area (TPSA) is 20.3 Å². The smallest absolute Gasteiger partial charge is 0.182 e. The largest absolute Gasteiger partial charge is 0.364 e. The fourth-order valence-corrected chi connectivity index (χ4v) is 2.97. The molecule has 0 N–H and O–H groups in total. The first-order valence-electron chi connectivity index (χ1n) is 7.73. The first kappa shape index (κ1) is 13.9. The third kappa shape index (κ3) is 2.99. The molecule has 21 heavy (non-hydrogen) atoms. The summed E-state index contributed by atoms with van der Waals surface area (Å²) >= 11 is 0. The number of rotatable bonds is 4. The predicted octanol–water partition coefficient (Wildman–Crippen LogP) is 3.88. The van der Waals surface area contributed by atoms with Crippen molar-refractivity contribution in [3.63, 3.8) is 0 Å². The molecular weight excluding hydrogens is 258 g/mol. The molecule has 2 heteroatoms. The number of nitrogens with zero attached hydrogens (tertiary/aromatic N) is 1. The average Bonchev–Trinajstić information content (AvgIpc) is 2.55. The van der Waals surface area contributed by atoms with Crippen molar-refractivity contribution in [2.45, 2.75) is 26.2 Å². The predicted molar refractivity (Wildman–Crippen MR) is 87.1 cm³/mol. The first-order valence-corrected chi connectivity index (χ1v) is 7.73. The van der Waals surface area contributed by atoms with Crippen molar-refractivity contribution in [1.29, 1.82) is 0 Å². The van der Waals surface area contributed by atoms with E-state index in [0.717, 1.165) is 31.4 Å². The van der Waals surface area contributed by atoms with Gasteiger partial charge in [0.2, 0.25) is 0 Å². The fraction of sp³-hybridized carbons (Fsp3) is 0.316. The lowest BCUT2D eigenvalue weighted by Crippen LogP contribution is -2.34. The lowest BCUT2D eigenvalue weighted by Gasteiger charge is -2.30. The third-order valence-corrected chi connectivity index (χ3v) is 4.23. The molecule has 1 heterocycles. The maximum absolute atomic E-state index is 12.5. The molecule has 2 nitrogen and oxygen atoms in total. The van der Waals surface area contributed by atoms with Crippen molar-refractivity contribution >= 4 is 11.5 Å². The lowest BCUT2D eigenvalue weighted by atomic mass is 10.0. The number of hydrogen-bond donors (Lipinski definition) is 0. The Labute approximate surface area is 126 Å². The minimum Gasteiger partial charge on any atom is -0.364 e. The minimum absolute atomic E-state index is 0.203. The molecule has 0 fully saturated rings. The third-order valence-electron chi connectivity index (χ3n) is 4.23. The molecule has 0 spiro atoms. The number of para-hydroxylation sites is 1. The lowest BCUT2D eigenvalue weighted by molar-refractivity contribution is 0.0998. The molecule has 0 aliphatic carbocycles. The van der Waals surface area contributed by atoms with Crippen LogP contribution in [0, 0.1) is 0 Å². The molecule has 108 valence electrons. The van der Waals surface area contributed by atoms with Crippen molar-refractivity contribution in [2.24, 2.45) is 0 Å². The van der Waals surface area contributed by atoms with Gasteiger partial charge in [-0.1, -0.05) is 49.4 Å². The van der Waals surface area contributed by atoms with Crippen LogP contribution >= 0.6 is 0 Å². The molecular formula is C19H21NO. The van der Waals surface area contributed by atoms with Crippen LogP contribution in [0.5, 0.6) is 0 Å². The molecule has 0 unspecified atom stereocenters. The van der Waals surface area contributed by atoms with E-state index >= 15 is 0 Å². The Kier molecular flexibility index (Phi) is 4.05. The molecule has 2 aromatic carbocycles. The van der Waals surface area contributed by atoms with E-state index < -0.39 is 0 Å². The molecule has 1 aliphatic rings. The van der Waals surface area contributed by atoms with E-state index in [-0.39, 0.29) is 5.78 Å². The Morgan fingerprint density at radius 3 is 2.62 bits per heavy atom. The molecule has 0 aromatic heterocycles. The van der Waals surface area contributed by atoms with Crippen molar-refractivity contribution in [3.8, 4) is 0 Å². The van der Waals surface area contributed by atoms with E-state index in [9.17, 15) is 4.79 Å². The summed E-state index contributed by atoms with van der Waals surface area (Å²) in [7, 11) is 0. The number of fused-ring (bicyclic) bond motifs is 1. The summed E-state index contributed by atoms with van der Waals surface area (Å²) in [5.74, 6) is 0.203. The number of hydrogen-bond acceptors (Lipinski definition) is 2. The van der Waals surface area contributed by atoms with Gasteiger partial charge in [-0.25, -0.2) is 0 Å². The molecule has 0 bridgehead atoms. The number of aryl methyl sites for hydroxylation is 2. The highest BCUT2D eigenvalue weighted by Crippen LogP contribution is 2.26. The Bertz CT molecular complexity index is 630. The number of Topliss-reactive ketones (excluding diaryl/α,β-unsaturated/α-hetero) is 1. The van der Waals surface area contributed by atoms with E-state index in [0.29, 0.717) is 6.54 Å². The van der Waals surface area contributed by atoms with E-state index in [2.05, 4.69) is 48.2 Å². The van der Waals surface area contributed by atoms with Crippen LogP contribution in [-0.2, 0) is 12.8 Å².